The van der Waals surface area contributed by atoms with Gasteiger partial charge in [-0.1, -0.05) is 18.2 Å². The van der Waals surface area contributed by atoms with Crippen LogP contribution >= 0.6 is 0 Å². The van der Waals surface area contributed by atoms with Crippen molar-refractivity contribution in [3.63, 3.8) is 0 Å². The van der Waals surface area contributed by atoms with Crippen LogP contribution in [-0.2, 0) is 6.61 Å². The fourth-order valence-electron chi connectivity index (χ4n) is 1.91. The molecule has 0 fully saturated rings. The number of aromatic nitrogens is 1. The minimum absolute atomic E-state index is 0.379. The van der Waals surface area contributed by atoms with Crippen LogP contribution in [-0.4, -0.2) is 12.1 Å². The predicted molar refractivity (Wildman–Crippen MR) is 79.3 cm³/mol. The third kappa shape index (κ3) is 3.23. The summed E-state index contributed by atoms with van der Waals surface area (Å²) in [4.78, 5) is 4.42. The topological polar surface area (TPSA) is 44.5 Å². The van der Waals surface area contributed by atoms with E-state index >= 15 is 0 Å². The lowest BCUT2D eigenvalue weighted by molar-refractivity contribution is 0.301. The quantitative estimate of drug-likeness (QED) is 0.710. The van der Waals surface area contributed by atoms with Crippen molar-refractivity contribution in [3.8, 4) is 23.0 Å². The predicted octanol–water partition coefficient (Wildman–Crippen LogP) is 3.93. The fourth-order valence-corrected chi connectivity index (χ4v) is 1.91. The molecule has 0 aliphatic heterocycles. The minimum Gasteiger partial charge on any atom is -0.497 e. The van der Waals surface area contributed by atoms with Gasteiger partial charge in [-0.25, -0.2) is 4.98 Å². The third-order valence-corrected chi connectivity index (χ3v) is 3.02. The molecule has 0 amide bonds. The largest absolute Gasteiger partial charge is 0.497 e. The Labute approximate surface area is 123 Å². The van der Waals surface area contributed by atoms with Gasteiger partial charge in [-0.2, -0.15) is 0 Å². The fraction of sp³-hybridized carbons (Fsp3) is 0.118. The number of methoxy groups -OCH3 is 1. The van der Waals surface area contributed by atoms with E-state index in [0.29, 0.717) is 12.5 Å². The van der Waals surface area contributed by atoms with Gasteiger partial charge < -0.3 is 13.9 Å². The molecule has 4 nitrogen and oxygen atoms in total. The Kier molecular flexibility index (Phi) is 3.87. The Morgan fingerprint density at radius 2 is 1.71 bits per heavy atom. The van der Waals surface area contributed by atoms with Gasteiger partial charge in [-0.05, 0) is 36.4 Å². The van der Waals surface area contributed by atoms with Crippen LogP contribution in [0.2, 0.25) is 0 Å². The molecular weight excluding hydrogens is 266 g/mol. The van der Waals surface area contributed by atoms with E-state index in [1.165, 1.54) is 0 Å². The van der Waals surface area contributed by atoms with Crippen molar-refractivity contribution < 1.29 is 13.9 Å². The lowest BCUT2D eigenvalue weighted by Gasteiger charge is -2.02. The molecule has 4 heteroatoms. The summed E-state index contributed by atoms with van der Waals surface area (Å²) in [5.41, 5.74) is 1.66. The maximum Gasteiger partial charge on any atom is 0.226 e. The molecule has 0 radical (unpaired) electrons. The van der Waals surface area contributed by atoms with Gasteiger partial charge in [-0.3, -0.25) is 0 Å². The van der Waals surface area contributed by atoms with Gasteiger partial charge in [0.05, 0.1) is 7.11 Å². The van der Waals surface area contributed by atoms with Gasteiger partial charge in [0, 0.05) is 5.56 Å². The first-order valence-electron chi connectivity index (χ1n) is 6.62. The molecule has 0 unspecified atom stereocenters. The number of hydrogen-bond donors (Lipinski definition) is 0. The molecule has 0 aliphatic carbocycles. The summed E-state index contributed by atoms with van der Waals surface area (Å²) in [5, 5.41) is 0. The SMILES string of the molecule is COc1ccc(-c2nc(COc3ccccc3)co2)cc1. The summed E-state index contributed by atoms with van der Waals surface area (Å²) in [5.74, 6) is 2.19. The Morgan fingerprint density at radius 3 is 2.43 bits per heavy atom. The Hall–Kier alpha value is -2.75. The zero-order valence-electron chi connectivity index (χ0n) is 11.7. The molecule has 0 spiro atoms. The van der Waals surface area contributed by atoms with Crippen molar-refractivity contribution in [2.24, 2.45) is 0 Å². The first-order chi connectivity index (χ1) is 10.3. The summed E-state index contributed by atoms with van der Waals surface area (Å²) in [7, 11) is 1.64. The number of para-hydroxylation sites is 1. The average Bonchev–Trinajstić information content (AvgIpc) is 3.03. The lowest BCUT2D eigenvalue weighted by Crippen LogP contribution is -1.95. The van der Waals surface area contributed by atoms with E-state index in [1.807, 2.05) is 54.6 Å². The van der Waals surface area contributed by atoms with Crippen LogP contribution in [0.25, 0.3) is 11.5 Å². The Morgan fingerprint density at radius 1 is 0.952 bits per heavy atom. The van der Waals surface area contributed by atoms with Crippen LogP contribution < -0.4 is 9.47 Å². The van der Waals surface area contributed by atoms with Gasteiger partial charge in [0.2, 0.25) is 5.89 Å². The highest BCUT2D eigenvalue weighted by molar-refractivity contribution is 5.54. The number of rotatable bonds is 5. The molecule has 1 aromatic heterocycles. The van der Waals surface area contributed by atoms with E-state index in [4.69, 9.17) is 13.9 Å². The second-order valence-electron chi connectivity index (χ2n) is 4.47. The van der Waals surface area contributed by atoms with E-state index in [-0.39, 0.29) is 0 Å². The summed E-state index contributed by atoms with van der Waals surface area (Å²) in [6.07, 6.45) is 1.61. The zero-order valence-corrected chi connectivity index (χ0v) is 11.7. The van der Waals surface area contributed by atoms with Gasteiger partial charge in [-0.15, -0.1) is 0 Å². The van der Waals surface area contributed by atoms with Gasteiger partial charge in [0.1, 0.15) is 30.1 Å². The van der Waals surface area contributed by atoms with Crippen molar-refractivity contribution in [1.29, 1.82) is 0 Å². The number of hydrogen-bond acceptors (Lipinski definition) is 4. The summed E-state index contributed by atoms with van der Waals surface area (Å²) < 4.78 is 16.2. The standard InChI is InChI=1S/C17H15NO3/c1-19-15-9-7-13(8-10-15)17-18-14(12-21-17)11-20-16-5-3-2-4-6-16/h2-10,12H,11H2,1H3. The van der Waals surface area contributed by atoms with E-state index in [9.17, 15) is 0 Å². The van der Waals surface area contributed by atoms with Crippen LogP contribution in [0.1, 0.15) is 5.69 Å². The number of nitrogens with zero attached hydrogens (tertiary/aromatic N) is 1. The molecule has 0 aliphatic rings. The van der Waals surface area contributed by atoms with Gasteiger partial charge >= 0.3 is 0 Å². The van der Waals surface area contributed by atoms with Gasteiger partial charge in [0.15, 0.2) is 0 Å². The van der Waals surface area contributed by atoms with Crippen molar-refractivity contribution in [2.75, 3.05) is 7.11 Å². The van der Waals surface area contributed by atoms with E-state index in [2.05, 4.69) is 4.98 Å². The minimum atomic E-state index is 0.379. The highest BCUT2D eigenvalue weighted by atomic mass is 16.5. The summed E-state index contributed by atoms with van der Waals surface area (Å²) in [6, 6.07) is 17.2. The lowest BCUT2D eigenvalue weighted by atomic mass is 10.2. The van der Waals surface area contributed by atoms with Crippen LogP contribution in [0, 0.1) is 0 Å². The van der Waals surface area contributed by atoms with Crippen molar-refractivity contribution in [3.05, 3.63) is 66.6 Å². The van der Waals surface area contributed by atoms with Crippen LogP contribution in [0.3, 0.4) is 0 Å². The Bertz CT molecular complexity index is 690. The first kappa shape index (κ1) is 13.2. The monoisotopic (exact) mass is 281 g/mol. The molecule has 21 heavy (non-hydrogen) atoms. The molecule has 0 saturated carbocycles. The van der Waals surface area contributed by atoms with E-state index in [0.717, 1.165) is 22.8 Å². The molecule has 3 rings (SSSR count). The maximum atomic E-state index is 5.64. The molecule has 106 valence electrons. The highest BCUT2D eigenvalue weighted by Gasteiger charge is 2.07. The third-order valence-electron chi connectivity index (χ3n) is 3.02. The summed E-state index contributed by atoms with van der Waals surface area (Å²) >= 11 is 0. The second-order valence-corrected chi connectivity index (χ2v) is 4.47. The molecule has 0 bridgehead atoms. The molecule has 3 aromatic rings. The van der Waals surface area contributed by atoms with Crippen molar-refractivity contribution >= 4 is 0 Å². The second kappa shape index (κ2) is 6.13. The van der Waals surface area contributed by atoms with E-state index < -0.39 is 0 Å². The number of benzene rings is 2. The van der Waals surface area contributed by atoms with Crippen LogP contribution in [0.5, 0.6) is 11.5 Å². The molecule has 0 atom stereocenters. The van der Waals surface area contributed by atoms with Crippen LogP contribution in [0.15, 0.2) is 65.3 Å². The van der Waals surface area contributed by atoms with Gasteiger partial charge in [0.25, 0.3) is 0 Å². The van der Waals surface area contributed by atoms with E-state index in [1.54, 1.807) is 13.4 Å². The Balaban J connectivity index is 1.68. The maximum absolute atomic E-state index is 5.64. The van der Waals surface area contributed by atoms with Crippen LogP contribution in [0.4, 0.5) is 0 Å². The smallest absolute Gasteiger partial charge is 0.226 e. The zero-order chi connectivity index (χ0) is 14.5. The summed E-state index contributed by atoms with van der Waals surface area (Å²) in [6.45, 7) is 0.379. The van der Waals surface area contributed by atoms with Crippen molar-refractivity contribution in [2.45, 2.75) is 6.61 Å². The average molecular weight is 281 g/mol. The highest BCUT2D eigenvalue weighted by Crippen LogP contribution is 2.22. The molecule has 0 N–H and O–H groups in total. The molecular formula is C17H15NO3. The molecule has 0 saturated heterocycles. The number of oxazole rings is 1. The number of ether oxygens (including phenoxy) is 2. The normalized spacial score (nSPS) is 10.3. The molecule has 1 heterocycles. The molecule has 2 aromatic carbocycles. The first-order valence-corrected chi connectivity index (χ1v) is 6.62. The van der Waals surface area contributed by atoms with Crippen molar-refractivity contribution in [1.82, 2.24) is 4.98 Å².